The standard InChI is InChI=1S/C2H6O2.12CN.2CH3.2Co.3Zn/c3-1-2-4;12*1-2;;;;;;;/h3-4H,1-2H2;;;;;;;;;;;;;2*1H3;;;;;. The molecule has 0 fully saturated rings. The van der Waals surface area contributed by atoms with E-state index in [0.29, 0.717) is 0 Å². The van der Waals surface area contributed by atoms with Crippen LogP contribution in [0.3, 0.4) is 0 Å². The Balaban J connectivity index is -0.0000000906. The third-order valence-corrected chi connectivity index (χ3v) is 9.32. The van der Waals surface area contributed by atoms with Gasteiger partial charge in [-0.05, 0) is 0 Å². The van der Waals surface area contributed by atoms with Gasteiger partial charge in [-0.25, -0.2) is 0 Å². The molecule has 2 N–H and O–H groups in total. The smallest absolute Gasteiger partial charge is 0 e. The molecule has 0 aromatic heterocycles. The molecule has 0 atom stereocenters. The molecule has 0 aliphatic heterocycles. The SMILES string of the molecule is N#[C][Co]([C]#N)([C]#N)([C]#N)([C]#N)[C]#N.N#[C][Co]([C]#N)([C]#N)([C]#N)([C]#N)[C]#N.OCCO.[CH3][Zn][CH3].[Zn].[Zn]. The van der Waals surface area contributed by atoms with Gasteiger partial charge < -0.3 is 10.2 Å². The molecule has 0 spiro atoms. The van der Waals surface area contributed by atoms with Crippen molar-refractivity contribution < 1.29 is 87.4 Å². The van der Waals surface area contributed by atoms with Crippen LogP contribution in [0.25, 0.3) is 0 Å². The van der Waals surface area contributed by atoms with E-state index in [1.807, 2.05) is 0 Å². The first kappa shape index (κ1) is 45.2. The van der Waals surface area contributed by atoms with Gasteiger partial charge in [0.25, 0.3) is 0 Å². The molecule has 0 bridgehead atoms. The predicted molar refractivity (Wildman–Crippen MR) is 93.3 cm³/mol. The minimum atomic E-state index is -6.03. The molecule has 0 aromatic carbocycles. The van der Waals surface area contributed by atoms with Gasteiger partial charge in [0.2, 0.25) is 0 Å². The quantitative estimate of drug-likeness (QED) is 0.345. The van der Waals surface area contributed by atoms with Gasteiger partial charge in [0, 0.05) is 39.0 Å². The van der Waals surface area contributed by atoms with Gasteiger partial charge in [-0.2, -0.15) is 0 Å². The van der Waals surface area contributed by atoms with E-state index in [4.69, 9.17) is 73.4 Å². The Morgan fingerprint density at radius 2 is 0.514 bits per heavy atom. The van der Waals surface area contributed by atoms with Crippen molar-refractivity contribution in [2.24, 2.45) is 0 Å². The van der Waals surface area contributed by atoms with Crippen molar-refractivity contribution in [2.75, 3.05) is 13.2 Å². The van der Waals surface area contributed by atoms with Crippen LogP contribution < -0.4 is 0 Å². The van der Waals surface area contributed by atoms with Gasteiger partial charge in [0.15, 0.2) is 0 Å². The molecular weight excluding hydrogens is 706 g/mol. The predicted octanol–water partition coefficient (Wildman–Crippen LogP) is 0.327. The molecule has 172 valence electrons. The summed E-state index contributed by atoms with van der Waals surface area (Å²) >= 11 is 0.125. The number of aliphatic hydroxyl groups excluding tert-OH is 2. The van der Waals surface area contributed by atoms with Crippen molar-refractivity contribution >= 4 is 0 Å². The van der Waals surface area contributed by atoms with Crippen LogP contribution in [-0.4, -0.2) is 23.4 Å². The Bertz CT molecular complexity index is 952. The molecule has 0 amide bonds. The largest absolute Gasteiger partial charge is 0 e. The minimum absolute atomic E-state index is 0. The third-order valence-electron chi connectivity index (χ3n) is 2.34. The Hall–Kier alpha value is -3.32. The van der Waals surface area contributed by atoms with E-state index in [-0.39, 0.29) is 69.3 Å². The summed E-state index contributed by atoms with van der Waals surface area (Å²) < 4.78 is 0. The van der Waals surface area contributed by atoms with E-state index in [9.17, 15) is 0 Å². The summed E-state index contributed by atoms with van der Waals surface area (Å²) in [5.41, 5.74) is 4.62. The summed E-state index contributed by atoms with van der Waals surface area (Å²) in [6.45, 7) is -0.250. The van der Waals surface area contributed by atoms with Gasteiger partial charge in [-0.1, -0.05) is 0 Å². The first-order valence-corrected chi connectivity index (χ1v) is 19.4. The zero-order chi connectivity index (χ0) is 27.4. The van der Waals surface area contributed by atoms with Crippen LogP contribution in [0.4, 0.5) is 0 Å². The van der Waals surface area contributed by atoms with E-state index < -0.39 is 21.1 Å². The number of rotatable bonds is 1. The molecule has 35 heavy (non-hydrogen) atoms. The second kappa shape index (κ2) is 15.6. The Kier molecular flexibility index (Phi) is 20.1. The third kappa shape index (κ3) is 7.59. The summed E-state index contributed by atoms with van der Waals surface area (Å²) in [5, 5.41) is 130. The normalized spacial score (nSPS) is 11.1. The molecule has 0 aromatic rings. The first-order valence-electron chi connectivity index (χ1n) is 7.23. The second-order valence-electron chi connectivity index (χ2n) is 4.55. The van der Waals surface area contributed by atoms with Crippen LogP contribution in [0, 0.1) is 123 Å². The van der Waals surface area contributed by atoms with Crippen LogP contribution >= 0.6 is 0 Å². The monoisotopic (exact) mass is 714 g/mol. The molecule has 0 saturated heterocycles. The van der Waals surface area contributed by atoms with Crippen LogP contribution in [-0.2, 0) is 77.1 Å². The molecular formula is C16H12Co2N12O2Zn3. The van der Waals surface area contributed by atoms with E-state index in [1.54, 1.807) is 0 Å². The number of aliphatic hydroxyl groups is 2. The molecule has 0 unspecified atom stereocenters. The maximum Gasteiger partial charge on any atom is 0 e. The van der Waals surface area contributed by atoms with E-state index in [0.717, 1.165) is 60.0 Å². The second-order valence-corrected chi connectivity index (χ2v) is 18.1. The zero-order valence-corrected chi connectivity index (χ0v) is 29.4. The maximum absolute atomic E-state index is 8.58. The Morgan fingerprint density at radius 3 is 0.514 bits per heavy atom. The molecule has 0 heterocycles. The van der Waals surface area contributed by atoms with Crippen molar-refractivity contribution in [1.82, 2.24) is 0 Å². The minimum Gasteiger partial charge on any atom is 0 e. The fraction of sp³-hybridized carbons (Fsp3) is 0.250. The maximum atomic E-state index is 8.58. The van der Waals surface area contributed by atoms with Gasteiger partial charge in [0.1, 0.15) is 0 Å². The number of nitrogens with zero attached hydrogens (tertiary/aromatic N) is 12. The Morgan fingerprint density at radius 1 is 0.429 bits per heavy atom. The molecule has 0 radical (unpaired) electrons. The van der Waals surface area contributed by atoms with Crippen molar-refractivity contribution in [1.29, 1.82) is 63.1 Å². The van der Waals surface area contributed by atoms with Crippen LogP contribution in [0.1, 0.15) is 0 Å². The molecule has 14 nitrogen and oxygen atoms in total. The molecule has 0 saturated carbocycles. The van der Waals surface area contributed by atoms with Gasteiger partial charge in [0.05, 0.1) is 13.2 Å². The number of hydrogen-bond acceptors (Lipinski definition) is 14. The number of nitriles is 12. The van der Waals surface area contributed by atoms with Crippen molar-refractivity contribution in [2.45, 2.75) is 11.0 Å². The fourth-order valence-corrected chi connectivity index (χ4v) is 2.06. The molecule has 0 aliphatic carbocycles. The van der Waals surface area contributed by atoms with Crippen LogP contribution in [0.2, 0.25) is 11.0 Å². The summed E-state index contributed by atoms with van der Waals surface area (Å²) in [7, 11) is -12.1. The van der Waals surface area contributed by atoms with E-state index >= 15 is 0 Å². The number of hydrogen-bond donors (Lipinski definition) is 2. The Labute approximate surface area is 232 Å². The van der Waals surface area contributed by atoms with Crippen molar-refractivity contribution in [3.8, 4) is 60.0 Å². The first-order chi connectivity index (χ1) is 15.3. The van der Waals surface area contributed by atoms with Crippen LogP contribution in [0.5, 0.6) is 0 Å². The topological polar surface area (TPSA) is 326 Å². The van der Waals surface area contributed by atoms with E-state index in [2.05, 4.69) is 11.0 Å². The van der Waals surface area contributed by atoms with Gasteiger partial charge in [-0.15, -0.1) is 0 Å². The van der Waals surface area contributed by atoms with Gasteiger partial charge >= 0.3 is 172 Å². The summed E-state index contributed by atoms with van der Waals surface area (Å²) in [4.78, 5) is 0. The van der Waals surface area contributed by atoms with Crippen molar-refractivity contribution in [3.05, 3.63) is 0 Å². The van der Waals surface area contributed by atoms with Gasteiger partial charge in [-0.3, -0.25) is 0 Å². The average molecular weight is 718 g/mol. The molecule has 19 heteroatoms. The zero-order valence-electron chi connectivity index (χ0n) is 18.5. The molecule has 0 aliphatic rings. The van der Waals surface area contributed by atoms with Crippen LogP contribution in [0.15, 0.2) is 0 Å². The molecule has 0 rings (SSSR count). The fourth-order valence-electron chi connectivity index (χ4n) is 0.500. The van der Waals surface area contributed by atoms with Crippen molar-refractivity contribution in [3.63, 3.8) is 0 Å². The van der Waals surface area contributed by atoms with E-state index in [1.165, 1.54) is 0 Å². The summed E-state index contributed by atoms with van der Waals surface area (Å²) in [6, 6.07) is 0. The summed E-state index contributed by atoms with van der Waals surface area (Å²) in [5.74, 6) is 0. The summed E-state index contributed by atoms with van der Waals surface area (Å²) in [6.07, 6.45) is 0. The average Bonchev–Trinajstić information content (AvgIpc) is 2.92.